The molecule has 1 rings (SSSR count). The van der Waals surface area contributed by atoms with Crippen molar-refractivity contribution in [2.24, 2.45) is 0 Å². The van der Waals surface area contributed by atoms with E-state index in [9.17, 15) is 14.7 Å². The minimum absolute atomic E-state index is 0.0787. The van der Waals surface area contributed by atoms with Crippen molar-refractivity contribution in [2.45, 2.75) is 63.9 Å². The van der Waals surface area contributed by atoms with Crippen molar-refractivity contribution in [3.63, 3.8) is 0 Å². The Bertz CT molecular complexity index is 554. The van der Waals surface area contributed by atoms with Crippen LogP contribution in [0.3, 0.4) is 0 Å². The summed E-state index contributed by atoms with van der Waals surface area (Å²) in [6, 6.07) is -0.782. The van der Waals surface area contributed by atoms with Crippen LogP contribution >= 0.6 is 11.8 Å². The van der Waals surface area contributed by atoms with Gasteiger partial charge in [0.15, 0.2) is 5.16 Å². The average Bonchev–Trinajstić information content (AvgIpc) is 2.91. The lowest BCUT2D eigenvalue weighted by Crippen LogP contribution is -2.42. The zero-order valence-corrected chi connectivity index (χ0v) is 15.6. The van der Waals surface area contributed by atoms with Gasteiger partial charge in [0.25, 0.3) is 0 Å². The van der Waals surface area contributed by atoms with E-state index in [1.807, 2.05) is 39.2 Å². The molecule has 0 saturated heterocycles. The van der Waals surface area contributed by atoms with Crippen LogP contribution in [-0.2, 0) is 14.3 Å². The number of hydrogen-bond donors (Lipinski definition) is 2. The number of ether oxygens (including phenoxy) is 1. The molecule has 0 aliphatic rings. The van der Waals surface area contributed by atoms with Gasteiger partial charge in [0, 0.05) is 19.1 Å². The first-order chi connectivity index (χ1) is 11.1. The number of carboxylic acids is 1. The highest BCUT2D eigenvalue weighted by Crippen LogP contribution is 2.18. The van der Waals surface area contributed by atoms with E-state index in [1.165, 1.54) is 11.8 Å². The lowest BCUT2D eigenvalue weighted by Gasteiger charge is -2.21. The highest BCUT2D eigenvalue weighted by Gasteiger charge is 2.21. The number of nitrogens with one attached hydrogen (secondary N) is 1. The second kappa shape index (κ2) is 9.03. The molecule has 0 aliphatic heterocycles. The van der Waals surface area contributed by atoms with Crippen LogP contribution in [0.5, 0.6) is 0 Å². The van der Waals surface area contributed by atoms with Crippen LogP contribution in [-0.4, -0.2) is 55.8 Å². The highest BCUT2D eigenvalue weighted by molar-refractivity contribution is 7.99. The molecule has 8 nitrogen and oxygen atoms in total. The summed E-state index contributed by atoms with van der Waals surface area (Å²) in [5.41, 5.74) is -0.343. The van der Waals surface area contributed by atoms with Crippen molar-refractivity contribution in [1.82, 2.24) is 20.1 Å². The molecular formula is C15H26N4O4S. The first-order valence-corrected chi connectivity index (χ1v) is 8.77. The molecule has 0 spiro atoms. The molecule has 9 heteroatoms. The Hall–Kier alpha value is -1.61. The maximum Gasteiger partial charge on any atom is 0.326 e. The first-order valence-electron chi connectivity index (χ1n) is 7.78. The van der Waals surface area contributed by atoms with Crippen LogP contribution < -0.4 is 5.32 Å². The van der Waals surface area contributed by atoms with Crippen LogP contribution in [0.2, 0.25) is 0 Å². The normalized spacial score (nSPS) is 13.1. The summed E-state index contributed by atoms with van der Waals surface area (Å²) in [4.78, 5) is 23.3. The van der Waals surface area contributed by atoms with Gasteiger partial charge < -0.3 is 19.7 Å². The number of nitrogens with zero attached hydrogens (tertiary/aromatic N) is 3. The van der Waals surface area contributed by atoms with Gasteiger partial charge in [-0.2, -0.15) is 0 Å². The number of thioether (sulfide) groups is 1. The zero-order chi connectivity index (χ0) is 18.3. The Morgan fingerprint density at radius 3 is 2.62 bits per heavy atom. The van der Waals surface area contributed by atoms with Gasteiger partial charge in [0.05, 0.1) is 11.4 Å². The van der Waals surface area contributed by atoms with Crippen LogP contribution in [0.1, 0.15) is 47.1 Å². The fourth-order valence-corrected chi connectivity index (χ4v) is 2.65. The van der Waals surface area contributed by atoms with E-state index in [-0.39, 0.29) is 36.3 Å². The largest absolute Gasteiger partial charge is 0.480 e. The number of carbonyl (C=O) groups is 2. The predicted molar refractivity (Wildman–Crippen MR) is 91.0 cm³/mol. The molecule has 0 fully saturated rings. The molecule has 0 bridgehead atoms. The van der Waals surface area contributed by atoms with Crippen molar-refractivity contribution in [3.8, 4) is 0 Å². The molecule has 0 saturated carbocycles. The Balaban J connectivity index is 2.48. The average molecular weight is 358 g/mol. The fraction of sp³-hybridized carbons (Fsp3) is 0.733. The van der Waals surface area contributed by atoms with Crippen LogP contribution in [0.15, 0.2) is 11.5 Å². The first kappa shape index (κ1) is 20.4. The zero-order valence-electron chi connectivity index (χ0n) is 14.8. The minimum atomic E-state index is -1.07. The molecule has 1 aromatic heterocycles. The molecule has 0 radical (unpaired) electrons. The third kappa shape index (κ3) is 7.31. The number of carbonyl (C=O) groups excluding carboxylic acids is 1. The van der Waals surface area contributed by atoms with E-state index >= 15 is 0 Å². The van der Waals surface area contributed by atoms with E-state index in [1.54, 1.807) is 6.33 Å². The molecule has 1 unspecified atom stereocenters. The Morgan fingerprint density at radius 2 is 2.08 bits per heavy atom. The van der Waals surface area contributed by atoms with Gasteiger partial charge in [-0.1, -0.05) is 11.8 Å². The van der Waals surface area contributed by atoms with Crippen molar-refractivity contribution in [2.75, 3.05) is 12.4 Å². The fourth-order valence-electron chi connectivity index (χ4n) is 1.80. The van der Waals surface area contributed by atoms with Crippen molar-refractivity contribution >= 4 is 23.6 Å². The SMILES string of the molecule is CC(C)n1cnnc1SCC(=O)NC(CCOC(C)(C)C)C(=O)O. The Labute approximate surface area is 146 Å². The van der Waals surface area contributed by atoms with Crippen molar-refractivity contribution in [3.05, 3.63) is 6.33 Å². The molecule has 2 N–H and O–H groups in total. The number of carboxylic acid groups (broad SMARTS) is 1. The third-order valence-corrected chi connectivity index (χ3v) is 3.96. The van der Waals surface area contributed by atoms with Gasteiger partial charge in [-0.15, -0.1) is 10.2 Å². The van der Waals surface area contributed by atoms with E-state index < -0.39 is 12.0 Å². The molecule has 1 heterocycles. The molecule has 1 atom stereocenters. The maximum atomic E-state index is 12.0. The predicted octanol–water partition coefficient (Wildman–Crippen LogP) is 1.73. The van der Waals surface area contributed by atoms with E-state index in [4.69, 9.17) is 4.74 Å². The van der Waals surface area contributed by atoms with Crippen molar-refractivity contribution in [1.29, 1.82) is 0 Å². The Morgan fingerprint density at radius 1 is 1.42 bits per heavy atom. The van der Waals surface area contributed by atoms with Gasteiger partial charge in [-0.05, 0) is 34.6 Å². The molecule has 1 amide bonds. The number of rotatable bonds is 9. The summed E-state index contributed by atoms with van der Waals surface area (Å²) in [5, 5.41) is 20.1. The lowest BCUT2D eigenvalue weighted by atomic mass is 10.2. The summed E-state index contributed by atoms with van der Waals surface area (Å²) >= 11 is 1.23. The standard InChI is InChI=1S/C15H26N4O4S/c1-10(2)19-9-16-18-14(19)24-8-12(20)17-11(13(21)22)6-7-23-15(3,4)5/h9-11H,6-8H2,1-5H3,(H,17,20)(H,21,22). The summed E-state index contributed by atoms with van der Waals surface area (Å²) in [5.74, 6) is -1.35. The third-order valence-electron chi connectivity index (χ3n) is 3.00. The number of amides is 1. The molecule has 24 heavy (non-hydrogen) atoms. The summed E-state index contributed by atoms with van der Waals surface area (Å²) < 4.78 is 7.36. The molecular weight excluding hydrogens is 332 g/mol. The lowest BCUT2D eigenvalue weighted by molar-refractivity contribution is -0.142. The maximum absolute atomic E-state index is 12.0. The highest BCUT2D eigenvalue weighted by atomic mass is 32.2. The van der Waals surface area contributed by atoms with Crippen LogP contribution in [0.25, 0.3) is 0 Å². The van der Waals surface area contributed by atoms with E-state index in [2.05, 4.69) is 15.5 Å². The number of aromatic nitrogens is 3. The molecule has 0 aliphatic carbocycles. The minimum Gasteiger partial charge on any atom is -0.480 e. The monoisotopic (exact) mass is 358 g/mol. The van der Waals surface area contributed by atoms with E-state index in [0.717, 1.165) is 0 Å². The topological polar surface area (TPSA) is 106 Å². The van der Waals surface area contributed by atoms with Gasteiger partial charge in [-0.25, -0.2) is 4.79 Å². The molecule has 0 aromatic carbocycles. The Kier molecular flexibility index (Phi) is 7.68. The van der Waals surface area contributed by atoms with Gasteiger partial charge in [-0.3, -0.25) is 4.79 Å². The second-order valence-corrected chi connectivity index (χ2v) is 7.55. The second-order valence-electron chi connectivity index (χ2n) is 6.61. The van der Waals surface area contributed by atoms with E-state index in [0.29, 0.717) is 5.16 Å². The van der Waals surface area contributed by atoms with Gasteiger partial charge in [0.1, 0.15) is 12.4 Å². The smallest absolute Gasteiger partial charge is 0.326 e. The number of aliphatic carboxylic acids is 1. The molecule has 136 valence electrons. The summed E-state index contributed by atoms with van der Waals surface area (Å²) in [6.45, 7) is 9.91. The van der Waals surface area contributed by atoms with Gasteiger partial charge >= 0.3 is 5.97 Å². The quantitative estimate of drug-likeness (QED) is 0.647. The van der Waals surface area contributed by atoms with Crippen LogP contribution in [0, 0.1) is 0 Å². The summed E-state index contributed by atoms with van der Waals surface area (Å²) in [7, 11) is 0. The number of hydrogen-bond acceptors (Lipinski definition) is 6. The molecule has 1 aromatic rings. The summed E-state index contributed by atoms with van der Waals surface area (Å²) in [6.07, 6.45) is 1.82. The van der Waals surface area contributed by atoms with Gasteiger partial charge in [0.2, 0.25) is 5.91 Å². The van der Waals surface area contributed by atoms with Crippen LogP contribution in [0.4, 0.5) is 0 Å². The van der Waals surface area contributed by atoms with Crippen molar-refractivity contribution < 1.29 is 19.4 Å².